The molecule has 24 heavy (non-hydrogen) atoms. The van der Waals surface area contributed by atoms with E-state index in [0.717, 1.165) is 24.5 Å². The number of hydrogen-bond acceptors (Lipinski definition) is 5. The molecule has 1 aliphatic rings. The van der Waals surface area contributed by atoms with Crippen molar-refractivity contribution >= 4 is 49.7 Å². The minimum Gasteiger partial charge on any atom is -0.344 e. The van der Waals surface area contributed by atoms with E-state index in [4.69, 9.17) is 23.2 Å². The van der Waals surface area contributed by atoms with Gasteiger partial charge >= 0.3 is 0 Å². The van der Waals surface area contributed by atoms with Crippen molar-refractivity contribution in [1.29, 1.82) is 0 Å². The van der Waals surface area contributed by atoms with Gasteiger partial charge < -0.3 is 4.90 Å². The number of benzene rings is 1. The molecule has 1 saturated heterocycles. The number of nitrogens with zero attached hydrogens (tertiary/aromatic N) is 2. The molecule has 0 spiro atoms. The average molecular weight is 406 g/mol. The summed E-state index contributed by atoms with van der Waals surface area (Å²) < 4.78 is 27.9. The summed E-state index contributed by atoms with van der Waals surface area (Å²) in [5.41, 5.74) is 0.673. The maximum atomic E-state index is 12.6. The highest BCUT2D eigenvalue weighted by molar-refractivity contribution is 7.89. The van der Waals surface area contributed by atoms with Gasteiger partial charge in [-0.15, -0.1) is 11.3 Å². The Morgan fingerprint density at radius 3 is 2.88 bits per heavy atom. The number of thiazole rings is 1. The SMILES string of the molecule is Cc1cc(S(=O)(=O)NC[C@H]2CCCN2c2nccs2)c(Cl)cc1Cl. The average Bonchev–Trinajstić information content (AvgIpc) is 3.19. The summed E-state index contributed by atoms with van der Waals surface area (Å²) in [7, 11) is -3.69. The van der Waals surface area contributed by atoms with Crippen molar-refractivity contribution in [1.82, 2.24) is 9.71 Å². The van der Waals surface area contributed by atoms with Crippen LogP contribution in [0.1, 0.15) is 18.4 Å². The molecule has 2 heterocycles. The fraction of sp³-hybridized carbons (Fsp3) is 0.400. The van der Waals surface area contributed by atoms with Gasteiger partial charge in [-0.3, -0.25) is 0 Å². The second-order valence-electron chi connectivity index (χ2n) is 5.69. The summed E-state index contributed by atoms with van der Waals surface area (Å²) in [5, 5.41) is 3.42. The monoisotopic (exact) mass is 405 g/mol. The van der Waals surface area contributed by atoms with Gasteiger partial charge in [-0.05, 0) is 37.5 Å². The summed E-state index contributed by atoms with van der Waals surface area (Å²) in [6.07, 6.45) is 3.71. The Morgan fingerprint density at radius 2 is 2.17 bits per heavy atom. The van der Waals surface area contributed by atoms with Crippen LogP contribution in [0, 0.1) is 6.92 Å². The van der Waals surface area contributed by atoms with Crippen molar-refractivity contribution < 1.29 is 8.42 Å². The highest BCUT2D eigenvalue weighted by Gasteiger charge is 2.28. The van der Waals surface area contributed by atoms with Crippen LogP contribution in [0.3, 0.4) is 0 Å². The van der Waals surface area contributed by atoms with Crippen LogP contribution in [0.5, 0.6) is 0 Å². The van der Waals surface area contributed by atoms with Crippen LogP contribution < -0.4 is 9.62 Å². The van der Waals surface area contributed by atoms with Crippen LogP contribution in [0.2, 0.25) is 10.0 Å². The molecule has 1 aromatic carbocycles. The first-order valence-electron chi connectivity index (χ1n) is 7.50. The lowest BCUT2D eigenvalue weighted by molar-refractivity contribution is 0.567. The van der Waals surface area contributed by atoms with Crippen molar-refractivity contribution in [2.24, 2.45) is 0 Å². The predicted octanol–water partition coefficient (Wildman–Crippen LogP) is 3.71. The molecule has 0 amide bonds. The third-order valence-corrected chi connectivity index (χ3v) is 7.16. The first-order chi connectivity index (χ1) is 11.4. The Bertz CT molecular complexity index is 825. The van der Waals surface area contributed by atoms with Gasteiger partial charge in [0.2, 0.25) is 10.0 Å². The molecule has 0 saturated carbocycles. The topological polar surface area (TPSA) is 62.3 Å². The van der Waals surface area contributed by atoms with Crippen LogP contribution in [-0.2, 0) is 10.0 Å². The molecule has 1 atom stereocenters. The number of aryl methyl sites for hydroxylation is 1. The van der Waals surface area contributed by atoms with E-state index in [-0.39, 0.29) is 16.0 Å². The van der Waals surface area contributed by atoms with Gasteiger partial charge in [0, 0.05) is 35.7 Å². The number of anilines is 1. The molecular formula is C15H17Cl2N3O2S2. The Kier molecular flexibility index (Phi) is 5.36. The summed E-state index contributed by atoms with van der Waals surface area (Å²) in [6, 6.07) is 3.06. The minimum atomic E-state index is -3.69. The third kappa shape index (κ3) is 3.70. The highest BCUT2D eigenvalue weighted by atomic mass is 35.5. The van der Waals surface area contributed by atoms with Crippen molar-refractivity contribution in [3.05, 3.63) is 39.3 Å². The molecule has 0 aliphatic carbocycles. The molecular weight excluding hydrogens is 389 g/mol. The van der Waals surface area contributed by atoms with Gasteiger partial charge in [0.1, 0.15) is 4.90 Å². The molecule has 9 heteroatoms. The fourth-order valence-electron chi connectivity index (χ4n) is 2.78. The normalized spacial score (nSPS) is 18.3. The van der Waals surface area contributed by atoms with Crippen molar-refractivity contribution in [3.8, 4) is 0 Å². The number of rotatable bonds is 5. The second-order valence-corrected chi connectivity index (χ2v) is 9.11. The Hall–Kier alpha value is -0.860. The van der Waals surface area contributed by atoms with Crippen LogP contribution in [0.4, 0.5) is 5.13 Å². The summed E-state index contributed by atoms with van der Waals surface area (Å²) in [6.45, 7) is 2.96. The molecule has 5 nitrogen and oxygen atoms in total. The summed E-state index contributed by atoms with van der Waals surface area (Å²) in [4.78, 5) is 6.53. The fourth-order valence-corrected chi connectivity index (χ4v) is 5.42. The molecule has 130 valence electrons. The molecule has 1 N–H and O–H groups in total. The molecule has 1 aromatic heterocycles. The quantitative estimate of drug-likeness (QED) is 0.823. The van der Waals surface area contributed by atoms with Gasteiger partial charge in [-0.2, -0.15) is 0 Å². The molecule has 1 aliphatic heterocycles. The van der Waals surface area contributed by atoms with Gasteiger partial charge in [0.05, 0.1) is 5.02 Å². The Morgan fingerprint density at radius 1 is 1.38 bits per heavy atom. The Labute approximate surface area is 155 Å². The van der Waals surface area contributed by atoms with Crippen LogP contribution in [0.25, 0.3) is 0 Å². The van der Waals surface area contributed by atoms with Crippen molar-refractivity contribution in [2.45, 2.75) is 30.7 Å². The molecule has 0 unspecified atom stereocenters. The van der Waals surface area contributed by atoms with E-state index in [1.807, 2.05) is 5.38 Å². The van der Waals surface area contributed by atoms with E-state index in [1.165, 1.54) is 12.1 Å². The van der Waals surface area contributed by atoms with E-state index < -0.39 is 10.0 Å². The molecule has 3 rings (SSSR count). The van der Waals surface area contributed by atoms with Crippen LogP contribution >= 0.6 is 34.5 Å². The first kappa shape index (κ1) is 17.9. The van der Waals surface area contributed by atoms with Crippen molar-refractivity contribution in [3.63, 3.8) is 0 Å². The number of hydrogen-bond donors (Lipinski definition) is 1. The van der Waals surface area contributed by atoms with E-state index in [0.29, 0.717) is 17.1 Å². The first-order valence-corrected chi connectivity index (χ1v) is 10.6. The lowest BCUT2D eigenvalue weighted by Crippen LogP contribution is -2.40. The lowest BCUT2D eigenvalue weighted by Gasteiger charge is -2.24. The molecule has 1 fully saturated rings. The zero-order valence-electron chi connectivity index (χ0n) is 13.0. The lowest BCUT2D eigenvalue weighted by atomic mass is 10.2. The number of halogens is 2. The third-order valence-electron chi connectivity index (χ3n) is 4.05. The maximum Gasteiger partial charge on any atom is 0.242 e. The molecule has 0 bridgehead atoms. The zero-order valence-corrected chi connectivity index (χ0v) is 16.1. The largest absolute Gasteiger partial charge is 0.344 e. The zero-order chi connectivity index (χ0) is 17.3. The maximum absolute atomic E-state index is 12.6. The minimum absolute atomic E-state index is 0.0601. The molecule has 0 radical (unpaired) electrons. The van der Waals surface area contributed by atoms with Gasteiger partial charge in [-0.25, -0.2) is 18.1 Å². The highest BCUT2D eigenvalue weighted by Crippen LogP contribution is 2.29. The van der Waals surface area contributed by atoms with Crippen LogP contribution in [-0.4, -0.2) is 32.5 Å². The molecule has 2 aromatic rings. The van der Waals surface area contributed by atoms with Crippen LogP contribution in [0.15, 0.2) is 28.6 Å². The number of aromatic nitrogens is 1. The standard InChI is InChI=1S/C15H17Cl2N3O2S2/c1-10-7-14(13(17)8-12(10)16)24(21,22)19-9-11-3-2-5-20(11)15-18-4-6-23-15/h4,6-8,11,19H,2-3,5,9H2,1H3/t11-/m1/s1. The Balaban J connectivity index is 1.75. The van der Waals surface area contributed by atoms with Gasteiger partial charge in [-0.1, -0.05) is 23.2 Å². The van der Waals surface area contributed by atoms with Crippen molar-refractivity contribution in [2.75, 3.05) is 18.0 Å². The smallest absolute Gasteiger partial charge is 0.242 e. The summed E-state index contributed by atoms with van der Waals surface area (Å²) in [5.74, 6) is 0. The van der Waals surface area contributed by atoms with Gasteiger partial charge in [0.25, 0.3) is 0 Å². The van der Waals surface area contributed by atoms with E-state index in [1.54, 1.807) is 24.5 Å². The predicted molar refractivity (Wildman–Crippen MR) is 98.9 cm³/mol. The summed E-state index contributed by atoms with van der Waals surface area (Å²) >= 11 is 13.6. The number of sulfonamides is 1. The second kappa shape index (κ2) is 7.17. The number of nitrogens with one attached hydrogen (secondary N) is 1. The van der Waals surface area contributed by atoms with E-state index in [2.05, 4.69) is 14.6 Å². The van der Waals surface area contributed by atoms with E-state index >= 15 is 0 Å². The van der Waals surface area contributed by atoms with Gasteiger partial charge in [0.15, 0.2) is 5.13 Å². The van der Waals surface area contributed by atoms with E-state index in [9.17, 15) is 8.42 Å².